The van der Waals surface area contributed by atoms with Gasteiger partial charge in [-0.2, -0.15) is 0 Å². The van der Waals surface area contributed by atoms with Gasteiger partial charge in [-0.05, 0) is 42.2 Å². The summed E-state index contributed by atoms with van der Waals surface area (Å²) in [5, 5.41) is 0. The summed E-state index contributed by atoms with van der Waals surface area (Å²) in [4.78, 5) is 10.2. The first-order chi connectivity index (χ1) is 8.04. The molecule has 0 fully saturated rings. The minimum atomic E-state index is 0.398. The third kappa shape index (κ3) is 1.97. The van der Waals surface area contributed by atoms with Gasteiger partial charge >= 0.3 is 0 Å². The molecule has 2 nitrogen and oxygen atoms in total. The lowest BCUT2D eigenvalue weighted by atomic mass is 9.71. The van der Waals surface area contributed by atoms with Crippen LogP contribution in [0.5, 0.6) is 0 Å². The molecule has 0 amide bonds. The molecule has 1 aliphatic rings. The molecule has 0 aliphatic heterocycles. The van der Waals surface area contributed by atoms with Crippen LogP contribution < -0.4 is 0 Å². The molecular formula is C14H18N2S. The Morgan fingerprint density at radius 3 is 2.94 bits per heavy atom. The Balaban J connectivity index is 2.01. The first-order valence-electron chi connectivity index (χ1n) is 6.26. The lowest BCUT2D eigenvalue weighted by molar-refractivity contribution is 0.215. The molecular weight excluding hydrogens is 228 g/mol. The number of aryl methyl sites for hydroxylation is 1. The van der Waals surface area contributed by atoms with Crippen molar-refractivity contribution in [2.24, 2.45) is 11.3 Å². The number of hydrogen-bond acceptors (Lipinski definition) is 3. The molecule has 0 saturated heterocycles. The van der Waals surface area contributed by atoms with Crippen LogP contribution in [0.3, 0.4) is 0 Å². The molecule has 3 heteroatoms. The van der Waals surface area contributed by atoms with Gasteiger partial charge in [-0.1, -0.05) is 20.8 Å². The predicted octanol–water partition coefficient (Wildman–Crippen LogP) is 3.84. The van der Waals surface area contributed by atoms with E-state index in [2.05, 4.69) is 31.8 Å². The highest BCUT2D eigenvalue weighted by Crippen LogP contribution is 2.37. The molecule has 17 heavy (non-hydrogen) atoms. The third-order valence-corrected chi connectivity index (χ3v) is 4.65. The molecule has 3 rings (SSSR count). The lowest BCUT2D eigenvalue weighted by Crippen LogP contribution is -2.27. The van der Waals surface area contributed by atoms with Crippen molar-refractivity contribution in [1.29, 1.82) is 0 Å². The number of pyridine rings is 1. The zero-order valence-corrected chi connectivity index (χ0v) is 11.5. The molecule has 2 heterocycles. The van der Waals surface area contributed by atoms with Crippen molar-refractivity contribution in [2.45, 2.75) is 40.0 Å². The fourth-order valence-corrected chi connectivity index (χ4v) is 3.35. The molecule has 2 aromatic rings. The fourth-order valence-electron chi connectivity index (χ4n) is 2.68. The van der Waals surface area contributed by atoms with Crippen molar-refractivity contribution in [1.82, 2.24) is 9.97 Å². The topological polar surface area (TPSA) is 25.8 Å². The average Bonchev–Trinajstić information content (AvgIpc) is 2.70. The van der Waals surface area contributed by atoms with Crippen LogP contribution in [-0.2, 0) is 12.8 Å². The average molecular weight is 246 g/mol. The number of hydrogen-bond donors (Lipinski definition) is 0. The SMILES string of the molecule is CC(C)(C)C1CCc2nc3scnc3cc2C1. The highest BCUT2D eigenvalue weighted by Gasteiger charge is 2.29. The minimum absolute atomic E-state index is 0.398. The number of thiazole rings is 1. The molecule has 0 bridgehead atoms. The highest BCUT2D eigenvalue weighted by atomic mass is 32.1. The Kier molecular flexibility index (Phi) is 2.47. The van der Waals surface area contributed by atoms with E-state index in [1.807, 2.05) is 5.51 Å². The smallest absolute Gasteiger partial charge is 0.143 e. The third-order valence-electron chi connectivity index (χ3n) is 3.91. The second-order valence-corrected chi connectivity index (χ2v) is 6.91. The van der Waals surface area contributed by atoms with E-state index in [1.54, 1.807) is 11.3 Å². The van der Waals surface area contributed by atoms with Crippen LogP contribution in [0.2, 0.25) is 0 Å². The van der Waals surface area contributed by atoms with E-state index in [-0.39, 0.29) is 0 Å². The van der Waals surface area contributed by atoms with Gasteiger partial charge in [0.2, 0.25) is 0 Å². The maximum Gasteiger partial charge on any atom is 0.143 e. The fraction of sp³-hybridized carbons (Fsp3) is 0.571. The van der Waals surface area contributed by atoms with Crippen LogP contribution >= 0.6 is 11.3 Å². The summed E-state index contributed by atoms with van der Waals surface area (Å²) in [5.41, 5.74) is 6.10. The Hall–Kier alpha value is -0.960. The number of fused-ring (bicyclic) bond motifs is 2. The van der Waals surface area contributed by atoms with E-state index in [4.69, 9.17) is 4.98 Å². The van der Waals surface area contributed by atoms with Gasteiger partial charge in [0.15, 0.2) is 0 Å². The van der Waals surface area contributed by atoms with E-state index in [0.29, 0.717) is 5.41 Å². The van der Waals surface area contributed by atoms with Crippen molar-refractivity contribution in [3.8, 4) is 0 Å². The number of aromatic nitrogens is 2. The Bertz CT molecular complexity index is 551. The molecule has 0 saturated carbocycles. The van der Waals surface area contributed by atoms with Gasteiger partial charge in [-0.25, -0.2) is 9.97 Å². The zero-order valence-electron chi connectivity index (χ0n) is 10.7. The normalized spacial score (nSPS) is 20.5. The number of rotatable bonds is 0. The Labute approximate surface area is 106 Å². The molecule has 0 aromatic carbocycles. The first kappa shape index (κ1) is 11.1. The molecule has 0 N–H and O–H groups in total. The maximum atomic E-state index is 4.75. The van der Waals surface area contributed by atoms with Crippen LogP contribution in [0.1, 0.15) is 38.4 Å². The van der Waals surface area contributed by atoms with Crippen molar-refractivity contribution < 1.29 is 0 Å². The van der Waals surface area contributed by atoms with Gasteiger partial charge in [0.05, 0.1) is 5.51 Å². The first-order valence-corrected chi connectivity index (χ1v) is 7.14. The number of nitrogens with zero attached hydrogens (tertiary/aromatic N) is 2. The van der Waals surface area contributed by atoms with Gasteiger partial charge in [0.1, 0.15) is 10.3 Å². The Morgan fingerprint density at radius 2 is 2.18 bits per heavy atom. The molecule has 1 atom stereocenters. The summed E-state index contributed by atoms with van der Waals surface area (Å²) >= 11 is 1.64. The summed E-state index contributed by atoms with van der Waals surface area (Å²) < 4.78 is 0. The lowest BCUT2D eigenvalue weighted by Gasteiger charge is -2.34. The Morgan fingerprint density at radius 1 is 1.35 bits per heavy atom. The molecule has 2 aromatic heterocycles. The van der Waals surface area contributed by atoms with Crippen LogP contribution in [0, 0.1) is 11.3 Å². The second kappa shape index (κ2) is 3.77. The van der Waals surface area contributed by atoms with Crippen molar-refractivity contribution in [3.63, 3.8) is 0 Å². The van der Waals surface area contributed by atoms with Gasteiger partial charge in [-0.3, -0.25) is 0 Å². The summed E-state index contributed by atoms with van der Waals surface area (Å²) in [6.07, 6.45) is 3.57. The van der Waals surface area contributed by atoms with Crippen molar-refractivity contribution in [3.05, 3.63) is 22.8 Å². The summed E-state index contributed by atoms with van der Waals surface area (Å²) in [7, 11) is 0. The molecule has 1 aliphatic carbocycles. The van der Waals surface area contributed by atoms with Crippen molar-refractivity contribution in [2.75, 3.05) is 0 Å². The van der Waals surface area contributed by atoms with Gasteiger partial charge in [-0.15, -0.1) is 11.3 Å². The van der Waals surface area contributed by atoms with E-state index in [9.17, 15) is 0 Å². The standard InChI is InChI=1S/C14H18N2S/c1-14(2,3)10-4-5-11-9(6-10)7-12-13(16-11)17-8-15-12/h7-8,10H,4-6H2,1-3H3. The largest absolute Gasteiger partial charge is 0.243 e. The predicted molar refractivity (Wildman–Crippen MR) is 72.4 cm³/mol. The van der Waals surface area contributed by atoms with Crippen molar-refractivity contribution >= 4 is 21.7 Å². The minimum Gasteiger partial charge on any atom is -0.243 e. The van der Waals surface area contributed by atoms with Crippen LogP contribution in [0.4, 0.5) is 0 Å². The van der Waals surface area contributed by atoms with Gasteiger partial charge in [0, 0.05) is 5.69 Å². The monoisotopic (exact) mass is 246 g/mol. The van der Waals surface area contributed by atoms with Gasteiger partial charge < -0.3 is 0 Å². The van der Waals surface area contributed by atoms with E-state index in [0.717, 1.165) is 22.7 Å². The summed E-state index contributed by atoms with van der Waals surface area (Å²) in [5.74, 6) is 0.771. The summed E-state index contributed by atoms with van der Waals surface area (Å²) in [6.45, 7) is 7.03. The van der Waals surface area contributed by atoms with Crippen LogP contribution in [-0.4, -0.2) is 9.97 Å². The summed E-state index contributed by atoms with van der Waals surface area (Å²) in [6, 6.07) is 2.26. The highest BCUT2D eigenvalue weighted by molar-refractivity contribution is 7.16. The van der Waals surface area contributed by atoms with E-state index in [1.165, 1.54) is 24.1 Å². The molecule has 0 spiro atoms. The van der Waals surface area contributed by atoms with Crippen LogP contribution in [0.25, 0.3) is 10.3 Å². The maximum absolute atomic E-state index is 4.75. The van der Waals surface area contributed by atoms with E-state index < -0.39 is 0 Å². The molecule has 90 valence electrons. The molecule has 0 radical (unpaired) electrons. The van der Waals surface area contributed by atoms with Gasteiger partial charge in [0.25, 0.3) is 0 Å². The molecule has 1 unspecified atom stereocenters. The second-order valence-electron chi connectivity index (χ2n) is 6.08. The zero-order chi connectivity index (χ0) is 12.0. The van der Waals surface area contributed by atoms with Crippen LogP contribution in [0.15, 0.2) is 11.6 Å². The van der Waals surface area contributed by atoms with E-state index >= 15 is 0 Å². The quantitative estimate of drug-likeness (QED) is 0.705.